The topological polar surface area (TPSA) is 27.7 Å². The van der Waals surface area contributed by atoms with Crippen LogP contribution in [0.5, 0.6) is 0 Å². The lowest BCUT2D eigenvalue weighted by molar-refractivity contribution is 0.0491. The van der Waals surface area contributed by atoms with Crippen LogP contribution < -0.4 is 0 Å². The summed E-state index contributed by atoms with van der Waals surface area (Å²) in [5.41, 5.74) is 2.37. The predicted octanol–water partition coefficient (Wildman–Crippen LogP) is 4.97. The summed E-state index contributed by atoms with van der Waals surface area (Å²) in [5, 5.41) is -0.433. The lowest BCUT2D eigenvalue weighted by Gasteiger charge is -2.45. The van der Waals surface area contributed by atoms with Crippen molar-refractivity contribution in [2.75, 3.05) is 19.8 Å². The second-order valence-corrected chi connectivity index (χ2v) is 8.68. The molecule has 0 unspecified atom stereocenters. The Labute approximate surface area is 153 Å². The molecule has 0 bridgehead atoms. The quantitative estimate of drug-likeness (QED) is 0.561. The SMILES string of the molecule is CCO[Si](OCC)(OCC)C(CC)(c1ccccc1)c1ccccc1. The summed E-state index contributed by atoms with van der Waals surface area (Å²) in [6, 6.07) is 21.0. The maximum absolute atomic E-state index is 6.37. The Kier molecular flexibility index (Phi) is 7.38. The first-order chi connectivity index (χ1) is 12.2. The summed E-state index contributed by atoms with van der Waals surface area (Å²) >= 11 is 0. The molecular weight excluding hydrogens is 328 g/mol. The van der Waals surface area contributed by atoms with Gasteiger partial charge in [-0.05, 0) is 38.3 Å². The molecule has 2 rings (SSSR count). The van der Waals surface area contributed by atoms with Crippen LogP contribution in [0.1, 0.15) is 45.2 Å². The largest absolute Gasteiger partial charge is 0.516 e. The third-order valence-corrected chi connectivity index (χ3v) is 8.57. The highest BCUT2D eigenvalue weighted by Crippen LogP contribution is 2.45. The molecule has 0 radical (unpaired) electrons. The third kappa shape index (κ3) is 3.72. The van der Waals surface area contributed by atoms with Crippen LogP contribution in [-0.2, 0) is 18.3 Å². The predicted molar refractivity (Wildman–Crippen MR) is 105 cm³/mol. The van der Waals surface area contributed by atoms with Gasteiger partial charge in [-0.15, -0.1) is 0 Å². The summed E-state index contributed by atoms with van der Waals surface area (Å²) in [6.45, 7) is 9.91. The zero-order chi connectivity index (χ0) is 18.2. The minimum atomic E-state index is -3.06. The number of hydrogen-bond donors (Lipinski definition) is 0. The zero-order valence-electron chi connectivity index (χ0n) is 15.8. The Morgan fingerprint density at radius 1 is 0.640 bits per heavy atom. The molecule has 0 aliphatic rings. The Bertz CT molecular complexity index is 559. The van der Waals surface area contributed by atoms with Crippen LogP contribution in [0.3, 0.4) is 0 Å². The van der Waals surface area contributed by atoms with Crippen molar-refractivity contribution in [3.63, 3.8) is 0 Å². The molecule has 0 aliphatic carbocycles. The van der Waals surface area contributed by atoms with Gasteiger partial charge >= 0.3 is 8.80 Å². The van der Waals surface area contributed by atoms with Crippen LogP contribution >= 0.6 is 0 Å². The fraction of sp³-hybridized carbons (Fsp3) is 0.429. The van der Waals surface area contributed by atoms with Gasteiger partial charge in [-0.1, -0.05) is 67.6 Å². The molecule has 0 aliphatic heterocycles. The highest BCUT2D eigenvalue weighted by Gasteiger charge is 2.61. The second-order valence-electron chi connectivity index (χ2n) is 5.85. The molecule has 0 N–H and O–H groups in total. The van der Waals surface area contributed by atoms with Crippen LogP contribution in [0.25, 0.3) is 0 Å². The minimum absolute atomic E-state index is 0.433. The Balaban J connectivity index is 2.79. The second kappa shape index (κ2) is 9.29. The molecule has 0 fully saturated rings. The van der Waals surface area contributed by atoms with Gasteiger partial charge in [0, 0.05) is 19.8 Å². The van der Waals surface area contributed by atoms with Crippen molar-refractivity contribution in [2.45, 2.75) is 39.2 Å². The van der Waals surface area contributed by atoms with Crippen molar-refractivity contribution in [3.05, 3.63) is 71.8 Å². The highest BCUT2D eigenvalue weighted by atomic mass is 28.4. The van der Waals surface area contributed by atoms with Crippen LogP contribution in [-0.4, -0.2) is 28.6 Å². The zero-order valence-corrected chi connectivity index (χ0v) is 16.8. The van der Waals surface area contributed by atoms with E-state index in [2.05, 4.69) is 55.5 Å². The molecule has 0 spiro atoms. The molecule has 2 aromatic rings. The van der Waals surface area contributed by atoms with Crippen LogP contribution in [0, 0.1) is 0 Å². The van der Waals surface area contributed by atoms with Gasteiger partial charge in [-0.2, -0.15) is 0 Å². The first kappa shape index (κ1) is 19.9. The van der Waals surface area contributed by atoms with E-state index in [-0.39, 0.29) is 0 Å². The molecule has 0 amide bonds. The van der Waals surface area contributed by atoms with E-state index in [0.29, 0.717) is 19.8 Å². The van der Waals surface area contributed by atoms with Gasteiger partial charge in [0.1, 0.15) is 0 Å². The van der Waals surface area contributed by atoms with Crippen molar-refractivity contribution < 1.29 is 13.3 Å². The van der Waals surface area contributed by atoms with Crippen LogP contribution in [0.4, 0.5) is 0 Å². The lowest BCUT2D eigenvalue weighted by Crippen LogP contribution is -2.63. The number of benzene rings is 2. The Hall–Kier alpha value is -1.46. The van der Waals surface area contributed by atoms with E-state index in [1.54, 1.807) is 0 Å². The van der Waals surface area contributed by atoms with Crippen LogP contribution in [0.15, 0.2) is 60.7 Å². The Morgan fingerprint density at radius 3 is 1.28 bits per heavy atom. The molecule has 4 heteroatoms. The number of rotatable bonds is 10. The van der Waals surface area contributed by atoms with E-state index in [1.165, 1.54) is 11.1 Å². The fourth-order valence-corrected chi connectivity index (χ4v) is 7.26. The van der Waals surface area contributed by atoms with Gasteiger partial charge in [0.15, 0.2) is 0 Å². The molecule has 3 nitrogen and oxygen atoms in total. The maximum atomic E-state index is 6.37. The summed E-state index contributed by atoms with van der Waals surface area (Å²) in [4.78, 5) is 0. The molecule has 136 valence electrons. The normalized spacial score (nSPS) is 12.3. The van der Waals surface area contributed by atoms with Crippen molar-refractivity contribution in [3.8, 4) is 0 Å². The average molecular weight is 359 g/mol. The summed E-state index contributed by atoms with van der Waals surface area (Å²) in [5.74, 6) is 0. The molecule has 0 saturated heterocycles. The van der Waals surface area contributed by atoms with E-state index >= 15 is 0 Å². The van der Waals surface area contributed by atoms with Crippen molar-refractivity contribution >= 4 is 8.80 Å². The molecule has 0 aromatic heterocycles. The van der Waals surface area contributed by atoms with Gasteiger partial charge in [0.05, 0.1) is 5.04 Å². The summed E-state index contributed by atoms with van der Waals surface area (Å²) < 4.78 is 19.1. The van der Waals surface area contributed by atoms with Crippen molar-refractivity contribution in [1.82, 2.24) is 0 Å². The fourth-order valence-electron chi connectivity index (χ4n) is 3.65. The summed E-state index contributed by atoms with van der Waals surface area (Å²) in [7, 11) is -3.06. The van der Waals surface area contributed by atoms with Gasteiger partial charge in [0.2, 0.25) is 0 Å². The van der Waals surface area contributed by atoms with E-state index in [1.807, 2.05) is 32.9 Å². The van der Waals surface area contributed by atoms with Gasteiger partial charge < -0.3 is 13.3 Å². The lowest BCUT2D eigenvalue weighted by atomic mass is 9.88. The van der Waals surface area contributed by atoms with Crippen molar-refractivity contribution in [2.24, 2.45) is 0 Å². The first-order valence-electron chi connectivity index (χ1n) is 9.23. The molecular formula is C21H30O3Si. The summed E-state index contributed by atoms with van der Waals surface area (Å²) in [6.07, 6.45) is 0.841. The molecule has 25 heavy (non-hydrogen) atoms. The molecule has 0 atom stereocenters. The van der Waals surface area contributed by atoms with Crippen molar-refractivity contribution in [1.29, 1.82) is 0 Å². The third-order valence-electron chi connectivity index (χ3n) is 4.59. The maximum Gasteiger partial charge on any atom is 0.516 e. The average Bonchev–Trinajstić information content (AvgIpc) is 2.65. The monoisotopic (exact) mass is 358 g/mol. The Morgan fingerprint density at radius 2 is 1.00 bits per heavy atom. The molecule has 0 heterocycles. The highest BCUT2D eigenvalue weighted by molar-refractivity contribution is 6.65. The molecule has 2 aromatic carbocycles. The standard InChI is InChI=1S/C21H30O3Si/c1-5-21(19-15-11-9-12-16-19,20-17-13-10-14-18-20)25(22-6-2,23-7-3)24-8-4/h9-18H,5-8H2,1-4H3. The van der Waals surface area contributed by atoms with Gasteiger partial charge in [-0.25, -0.2) is 0 Å². The van der Waals surface area contributed by atoms with E-state index in [4.69, 9.17) is 13.3 Å². The van der Waals surface area contributed by atoms with Crippen LogP contribution in [0.2, 0.25) is 0 Å². The van der Waals surface area contributed by atoms with E-state index in [9.17, 15) is 0 Å². The van der Waals surface area contributed by atoms with Gasteiger partial charge in [0.25, 0.3) is 0 Å². The smallest absolute Gasteiger partial charge is 0.373 e. The first-order valence-corrected chi connectivity index (χ1v) is 11.0. The van der Waals surface area contributed by atoms with E-state index < -0.39 is 13.8 Å². The molecule has 0 saturated carbocycles. The van der Waals surface area contributed by atoms with Gasteiger partial charge in [-0.3, -0.25) is 0 Å². The minimum Gasteiger partial charge on any atom is -0.373 e. The number of hydrogen-bond acceptors (Lipinski definition) is 3. The van der Waals surface area contributed by atoms with E-state index in [0.717, 1.165) is 6.42 Å².